The maximum atomic E-state index is 4.89. The normalized spacial score (nSPS) is 28.3. The third-order valence-electron chi connectivity index (χ3n) is 7.05. The summed E-state index contributed by atoms with van der Waals surface area (Å²) >= 11 is -0.556. The first kappa shape index (κ1) is 27.3. The molecule has 1 heterocycles. The summed E-state index contributed by atoms with van der Waals surface area (Å²) < 4.78 is 2.61. The van der Waals surface area contributed by atoms with Crippen LogP contribution in [-0.4, -0.2) is 32.8 Å². The van der Waals surface area contributed by atoms with Crippen molar-refractivity contribution in [3.63, 3.8) is 0 Å². The van der Waals surface area contributed by atoms with Crippen LogP contribution in [-0.2, 0) is 17.0 Å². The zero-order chi connectivity index (χ0) is 21.9. The molecule has 0 N–H and O–H groups in total. The van der Waals surface area contributed by atoms with Crippen molar-refractivity contribution in [1.82, 2.24) is 4.57 Å². The van der Waals surface area contributed by atoms with E-state index in [2.05, 4.69) is 85.5 Å². The van der Waals surface area contributed by atoms with Crippen molar-refractivity contribution < 1.29 is 17.0 Å². The Balaban J connectivity index is 0.000000808. The monoisotopic (exact) mass is 512 g/mol. The van der Waals surface area contributed by atoms with Crippen molar-refractivity contribution in [2.24, 2.45) is 17.8 Å². The van der Waals surface area contributed by atoms with Crippen LogP contribution >= 0.6 is 18.6 Å². The van der Waals surface area contributed by atoms with E-state index >= 15 is 0 Å². The van der Waals surface area contributed by atoms with Gasteiger partial charge >= 0.3 is 35.6 Å². The second-order valence-corrected chi connectivity index (χ2v) is 16.6. The van der Waals surface area contributed by atoms with Crippen LogP contribution in [0.5, 0.6) is 0 Å². The molecule has 0 aromatic heterocycles. The summed E-state index contributed by atoms with van der Waals surface area (Å²) in [5, 5.41) is 9.14. The van der Waals surface area contributed by atoms with Crippen molar-refractivity contribution in [1.29, 1.82) is 0 Å². The Bertz CT molecular complexity index is 773. The summed E-state index contributed by atoms with van der Waals surface area (Å²) in [7, 11) is 8.15. The van der Waals surface area contributed by atoms with Gasteiger partial charge in [-0.3, -0.25) is 6.67 Å². The molecule has 4 unspecified atom stereocenters. The predicted molar refractivity (Wildman–Crippen MR) is 136 cm³/mol. The van der Waals surface area contributed by atoms with Crippen LogP contribution in [0.15, 0.2) is 36.4 Å². The molecule has 4 rings (SSSR count). The van der Waals surface area contributed by atoms with Gasteiger partial charge in [-0.25, -0.2) is 0 Å². The number of hydrogen-bond donors (Lipinski definition) is 0. The average Bonchev–Trinajstić information content (AvgIpc) is 3.05. The molecule has 31 heavy (non-hydrogen) atoms. The Morgan fingerprint density at radius 3 is 2.23 bits per heavy atom. The van der Waals surface area contributed by atoms with Gasteiger partial charge in [0.2, 0.25) is 0 Å². The number of fused-ring (bicyclic) bond motifs is 1. The van der Waals surface area contributed by atoms with Gasteiger partial charge in [0, 0.05) is 0 Å². The number of nitrogens with zero attached hydrogens (tertiary/aromatic N) is 3. The van der Waals surface area contributed by atoms with E-state index in [0.29, 0.717) is 18.5 Å². The molecule has 0 radical (unpaired) electrons. The first-order valence-corrected chi connectivity index (χ1v) is 18.1. The van der Waals surface area contributed by atoms with Crippen LogP contribution in [0.4, 0.5) is 0 Å². The summed E-state index contributed by atoms with van der Waals surface area (Å²) in [5.41, 5.74) is 6.48. The van der Waals surface area contributed by atoms with Crippen LogP contribution < -0.4 is 0 Å². The minimum atomic E-state index is -1.63. The maximum absolute atomic E-state index is 4.89. The van der Waals surface area contributed by atoms with Crippen molar-refractivity contribution in [2.45, 2.75) is 45.8 Å². The van der Waals surface area contributed by atoms with E-state index in [4.69, 9.17) is 18.6 Å². The average molecular weight is 513 g/mol. The fraction of sp³-hybridized carbons (Fsp3) is 0.542. The summed E-state index contributed by atoms with van der Waals surface area (Å²) in [5.74, 6) is 2.06. The predicted octanol–water partition coefficient (Wildman–Crippen LogP) is 7.87. The molecule has 3 nitrogen and oxygen atoms in total. The molecule has 0 spiro atoms. The standard InChI is InChI=1S/C23H33N3Si.CH3.2ClH.Ti/c1-16-9-17(2)11-19(10-16)20-7-6-8-21-22(20)12-18(3)23(21)27(4,5)26-14-24-13-25-15-26;;;;/h6-11,18,21-23H,12-15H2,1-5H3;1H3;2*1H;/q-2;-1;;;+6/p-2. The molecule has 0 bridgehead atoms. The van der Waals surface area contributed by atoms with Crippen LogP contribution in [0, 0.1) is 39.0 Å². The van der Waals surface area contributed by atoms with Gasteiger partial charge in [-0.1, -0.05) is 67.6 Å². The van der Waals surface area contributed by atoms with E-state index < -0.39 is 25.3 Å². The molecule has 1 saturated heterocycles. The fourth-order valence-corrected chi connectivity index (χ4v) is 10.1. The number of allylic oxidation sites excluding steroid dienone is 4. The van der Waals surface area contributed by atoms with Crippen LogP contribution in [0.2, 0.25) is 18.6 Å². The molecule has 3 aliphatic rings. The molecule has 1 aliphatic heterocycles. The van der Waals surface area contributed by atoms with Gasteiger partial charge in [0.05, 0.1) is 0 Å². The molecule has 0 amide bonds. The van der Waals surface area contributed by atoms with Crippen LogP contribution in [0.3, 0.4) is 0 Å². The first-order chi connectivity index (χ1) is 14.3. The summed E-state index contributed by atoms with van der Waals surface area (Å²) in [4.78, 5) is 0. The number of halogens is 2. The summed E-state index contributed by atoms with van der Waals surface area (Å²) in [6.07, 6.45) is 8.52. The quantitative estimate of drug-likeness (QED) is 0.299. The fourth-order valence-electron chi connectivity index (χ4n) is 5.97. The zero-order valence-electron chi connectivity index (χ0n) is 19.7. The third kappa shape index (κ3) is 6.16. The molecule has 1 aromatic rings. The number of benzene rings is 1. The van der Waals surface area contributed by atoms with Crippen LogP contribution in [0.25, 0.3) is 16.2 Å². The van der Waals surface area contributed by atoms with Crippen molar-refractivity contribution in [3.8, 4) is 0 Å². The Hall–Kier alpha value is 0.0912. The van der Waals surface area contributed by atoms with Gasteiger partial charge in [0.1, 0.15) is 8.24 Å². The van der Waals surface area contributed by atoms with Gasteiger partial charge in [0.25, 0.3) is 0 Å². The van der Waals surface area contributed by atoms with Gasteiger partial charge in [-0.15, -0.1) is 13.3 Å². The van der Waals surface area contributed by atoms with Gasteiger partial charge in [-0.2, -0.15) is 0 Å². The van der Waals surface area contributed by atoms with Crippen molar-refractivity contribution in [2.75, 3.05) is 20.0 Å². The number of aryl methyl sites for hydroxylation is 2. The molecule has 2 fully saturated rings. The van der Waals surface area contributed by atoms with Crippen molar-refractivity contribution >= 4 is 32.4 Å². The second kappa shape index (κ2) is 12.0. The van der Waals surface area contributed by atoms with Gasteiger partial charge in [-0.05, 0) is 54.7 Å². The van der Waals surface area contributed by atoms with Crippen LogP contribution in [0.1, 0.15) is 30.0 Å². The topological polar surface area (TPSA) is 31.4 Å². The number of rotatable bonds is 3. The molecule has 7 heteroatoms. The van der Waals surface area contributed by atoms with Crippen molar-refractivity contribution in [3.05, 3.63) is 71.2 Å². The zero-order valence-corrected chi connectivity index (χ0v) is 23.8. The van der Waals surface area contributed by atoms with E-state index in [1.807, 2.05) is 0 Å². The molecule has 4 atom stereocenters. The molecule has 1 aromatic carbocycles. The Labute approximate surface area is 207 Å². The van der Waals surface area contributed by atoms with Gasteiger partial charge < -0.3 is 22.6 Å². The second-order valence-electron chi connectivity index (χ2n) is 9.44. The van der Waals surface area contributed by atoms with E-state index in [-0.39, 0.29) is 7.43 Å². The summed E-state index contributed by atoms with van der Waals surface area (Å²) in [6, 6.07) is 7.02. The van der Waals surface area contributed by atoms with E-state index in [9.17, 15) is 0 Å². The SMILES string of the molecule is Cc1cc(C)cc(C2=CC=CC3C2CC(C)C3[Si](C)(C)N2C[N-]C[N-]C2)c1.[CH3-].[Cl][Ti+4][Cl]. The van der Waals surface area contributed by atoms with Gasteiger partial charge in [0.15, 0.2) is 0 Å². The Morgan fingerprint density at radius 2 is 1.65 bits per heavy atom. The molecule has 1 saturated carbocycles. The van der Waals surface area contributed by atoms with E-state index in [1.165, 1.54) is 23.1 Å². The number of hydrogen-bond acceptors (Lipinski definition) is 1. The molecule has 168 valence electrons. The third-order valence-corrected chi connectivity index (χ3v) is 11.6. The van der Waals surface area contributed by atoms with E-state index in [1.54, 1.807) is 5.57 Å². The first-order valence-electron chi connectivity index (χ1n) is 10.7. The Kier molecular flexibility index (Phi) is 10.6. The molecule has 2 aliphatic carbocycles. The minimum absolute atomic E-state index is 0. The molecular weight excluding hydrogens is 477 g/mol. The summed E-state index contributed by atoms with van der Waals surface area (Å²) in [6.45, 7) is 14.5. The molecular formula is C24H36Cl2N3SiTi+. The Morgan fingerprint density at radius 1 is 1.06 bits per heavy atom. The van der Waals surface area contributed by atoms with E-state index in [0.717, 1.165) is 24.8 Å².